The molecular weight excluding hydrogens is 361 g/mol. The highest BCUT2D eigenvalue weighted by atomic mass is 32.1. The Labute approximate surface area is 159 Å². The van der Waals surface area contributed by atoms with Crippen LogP contribution in [0.1, 0.15) is 29.8 Å². The monoisotopic (exact) mass is 381 g/mol. The quantitative estimate of drug-likeness (QED) is 0.544. The first-order valence-electron chi connectivity index (χ1n) is 8.82. The highest BCUT2D eigenvalue weighted by molar-refractivity contribution is 7.17. The predicted octanol–water partition coefficient (Wildman–Crippen LogP) is 4.62. The van der Waals surface area contributed by atoms with Crippen molar-refractivity contribution in [2.75, 3.05) is 6.54 Å². The molecule has 138 valence electrons. The molecule has 3 heterocycles. The van der Waals surface area contributed by atoms with Gasteiger partial charge in [0.2, 0.25) is 0 Å². The van der Waals surface area contributed by atoms with E-state index >= 15 is 4.39 Å². The van der Waals surface area contributed by atoms with Crippen molar-refractivity contribution < 1.29 is 4.39 Å². The van der Waals surface area contributed by atoms with Gasteiger partial charge in [0, 0.05) is 27.6 Å². The van der Waals surface area contributed by atoms with Crippen molar-refractivity contribution in [3.05, 3.63) is 62.8 Å². The third-order valence-corrected chi connectivity index (χ3v) is 6.04. The van der Waals surface area contributed by atoms with E-state index in [0.717, 1.165) is 33.3 Å². The van der Waals surface area contributed by atoms with Gasteiger partial charge in [0.1, 0.15) is 10.5 Å². The summed E-state index contributed by atoms with van der Waals surface area (Å²) in [6, 6.07) is 7.17. The molecule has 1 aromatic carbocycles. The van der Waals surface area contributed by atoms with E-state index < -0.39 is 0 Å². The van der Waals surface area contributed by atoms with Crippen LogP contribution in [0.4, 0.5) is 4.39 Å². The SMILES string of the molecule is Cc1nc(C)c2[nH]c(=O)c3sccc3c2c1-c1ccc([C@@H](C)CN)cc1F. The zero-order valence-corrected chi connectivity index (χ0v) is 16.2. The van der Waals surface area contributed by atoms with Crippen molar-refractivity contribution in [3.63, 3.8) is 0 Å². The average molecular weight is 381 g/mol. The van der Waals surface area contributed by atoms with Crippen LogP contribution in [0.15, 0.2) is 34.4 Å². The molecule has 3 N–H and O–H groups in total. The largest absolute Gasteiger partial charge is 0.330 e. The van der Waals surface area contributed by atoms with E-state index in [0.29, 0.717) is 22.3 Å². The van der Waals surface area contributed by atoms with Crippen LogP contribution < -0.4 is 11.3 Å². The molecule has 27 heavy (non-hydrogen) atoms. The number of hydrogen-bond acceptors (Lipinski definition) is 4. The molecule has 4 rings (SSSR count). The van der Waals surface area contributed by atoms with Crippen LogP contribution in [-0.2, 0) is 0 Å². The van der Waals surface area contributed by atoms with Crippen LogP contribution >= 0.6 is 11.3 Å². The van der Waals surface area contributed by atoms with Crippen molar-refractivity contribution in [3.8, 4) is 11.1 Å². The molecule has 0 aliphatic carbocycles. The summed E-state index contributed by atoms with van der Waals surface area (Å²) in [5, 5.41) is 3.56. The van der Waals surface area contributed by atoms with Crippen LogP contribution in [0.5, 0.6) is 0 Å². The van der Waals surface area contributed by atoms with Gasteiger partial charge in [0.05, 0.1) is 11.2 Å². The Morgan fingerprint density at radius 1 is 1.26 bits per heavy atom. The van der Waals surface area contributed by atoms with Crippen molar-refractivity contribution in [1.82, 2.24) is 9.97 Å². The number of thiophene rings is 1. The molecule has 1 atom stereocenters. The number of aryl methyl sites for hydroxylation is 2. The van der Waals surface area contributed by atoms with E-state index in [1.54, 1.807) is 12.1 Å². The molecule has 0 radical (unpaired) electrons. The zero-order chi connectivity index (χ0) is 19.3. The number of nitrogens with zero attached hydrogens (tertiary/aromatic N) is 1. The van der Waals surface area contributed by atoms with Gasteiger partial charge >= 0.3 is 0 Å². The topological polar surface area (TPSA) is 71.8 Å². The first-order chi connectivity index (χ1) is 12.9. The Morgan fingerprint density at radius 3 is 2.74 bits per heavy atom. The second-order valence-corrected chi connectivity index (χ2v) is 7.82. The van der Waals surface area contributed by atoms with E-state index in [1.807, 2.05) is 38.3 Å². The summed E-state index contributed by atoms with van der Waals surface area (Å²) < 4.78 is 15.7. The Balaban J connectivity index is 2.11. The molecule has 0 bridgehead atoms. The average Bonchev–Trinajstić information content (AvgIpc) is 3.13. The molecule has 6 heteroatoms. The number of hydrogen-bond donors (Lipinski definition) is 2. The van der Waals surface area contributed by atoms with Gasteiger partial charge in [0.15, 0.2) is 0 Å². The summed E-state index contributed by atoms with van der Waals surface area (Å²) in [6.45, 7) is 6.17. The number of pyridine rings is 2. The van der Waals surface area contributed by atoms with Crippen LogP contribution in [0.2, 0.25) is 0 Å². The van der Waals surface area contributed by atoms with Crippen molar-refractivity contribution in [2.24, 2.45) is 5.73 Å². The van der Waals surface area contributed by atoms with Crippen molar-refractivity contribution in [2.45, 2.75) is 26.7 Å². The maximum Gasteiger partial charge on any atom is 0.266 e. The normalized spacial score (nSPS) is 12.8. The highest BCUT2D eigenvalue weighted by Gasteiger charge is 2.19. The Hall–Kier alpha value is -2.57. The van der Waals surface area contributed by atoms with Gasteiger partial charge in [-0.15, -0.1) is 11.3 Å². The lowest BCUT2D eigenvalue weighted by molar-refractivity contribution is 0.625. The van der Waals surface area contributed by atoms with E-state index in [-0.39, 0.29) is 17.3 Å². The maximum absolute atomic E-state index is 15.1. The van der Waals surface area contributed by atoms with Gasteiger partial charge in [0.25, 0.3) is 5.56 Å². The van der Waals surface area contributed by atoms with Crippen LogP contribution in [0.3, 0.4) is 0 Å². The molecule has 4 aromatic rings. The van der Waals surface area contributed by atoms with Crippen molar-refractivity contribution in [1.29, 1.82) is 0 Å². The highest BCUT2D eigenvalue weighted by Crippen LogP contribution is 2.38. The Bertz CT molecular complexity index is 1240. The number of fused-ring (bicyclic) bond motifs is 3. The fourth-order valence-electron chi connectivity index (χ4n) is 3.63. The molecule has 0 saturated heterocycles. The number of nitrogens with two attached hydrogens (primary N) is 1. The summed E-state index contributed by atoms with van der Waals surface area (Å²) in [5.41, 5.74) is 9.77. The van der Waals surface area contributed by atoms with Gasteiger partial charge in [-0.25, -0.2) is 4.39 Å². The van der Waals surface area contributed by atoms with E-state index in [9.17, 15) is 4.79 Å². The number of rotatable bonds is 3. The molecular formula is C21H20FN3OS. The minimum Gasteiger partial charge on any atom is -0.330 e. The fourth-order valence-corrected chi connectivity index (χ4v) is 4.43. The van der Waals surface area contributed by atoms with Crippen LogP contribution in [-0.4, -0.2) is 16.5 Å². The Morgan fingerprint density at radius 2 is 2.04 bits per heavy atom. The second-order valence-electron chi connectivity index (χ2n) is 6.90. The molecule has 3 aromatic heterocycles. The maximum atomic E-state index is 15.1. The zero-order valence-electron chi connectivity index (χ0n) is 15.4. The molecule has 0 aliphatic rings. The lowest BCUT2D eigenvalue weighted by Crippen LogP contribution is -2.10. The molecule has 4 nitrogen and oxygen atoms in total. The first-order valence-corrected chi connectivity index (χ1v) is 9.70. The van der Waals surface area contributed by atoms with E-state index in [4.69, 9.17) is 5.73 Å². The van der Waals surface area contributed by atoms with Crippen LogP contribution in [0, 0.1) is 19.7 Å². The summed E-state index contributed by atoms with van der Waals surface area (Å²) >= 11 is 1.39. The third-order valence-electron chi connectivity index (χ3n) is 5.12. The smallest absolute Gasteiger partial charge is 0.266 e. The number of H-pyrrole nitrogens is 1. The molecule has 0 fully saturated rings. The minimum atomic E-state index is -0.308. The lowest BCUT2D eigenvalue weighted by atomic mass is 9.93. The third kappa shape index (κ3) is 2.76. The van der Waals surface area contributed by atoms with Crippen molar-refractivity contribution >= 4 is 32.3 Å². The van der Waals surface area contributed by atoms with E-state index in [1.165, 1.54) is 11.3 Å². The van der Waals surface area contributed by atoms with Gasteiger partial charge in [-0.2, -0.15) is 0 Å². The number of halogens is 1. The first kappa shape index (κ1) is 17.8. The summed E-state index contributed by atoms with van der Waals surface area (Å²) in [4.78, 5) is 19.9. The molecule has 0 amide bonds. The second kappa shape index (κ2) is 6.55. The van der Waals surface area contributed by atoms with Gasteiger partial charge in [-0.1, -0.05) is 19.1 Å². The van der Waals surface area contributed by atoms with Gasteiger partial charge in [-0.3, -0.25) is 9.78 Å². The summed E-state index contributed by atoms with van der Waals surface area (Å²) in [5.74, 6) is -0.222. The molecule has 0 unspecified atom stereocenters. The summed E-state index contributed by atoms with van der Waals surface area (Å²) in [7, 11) is 0. The minimum absolute atomic E-state index is 0.0856. The van der Waals surface area contributed by atoms with Crippen LogP contribution in [0.25, 0.3) is 32.1 Å². The Kier molecular flexibility index (Phi) is 4.32. The number of aromatic amines is 1. The lowest BCUT2D eigenvalue weighted by Gasteiger charge is -2.16. The number of nitrogens with one attached hydrogen (secondary N) is 1. The molecule has 0 saturated carbocycles. The molecule has 0 aliphatic heterocycles. The molecule has 0 spiro atoms. The number of benzene rings is 1. The predicted molar refractivity (Wildman–Crippen MR) is 110 cm³/mol. The van der Waals surface area contributed by atoms with Gasteiger partial charge < -0.3 is 10.7 Å². The standard InChI is InChI=1S/C21H20FN3OS/c1-10(9-23)13-4-5-14(16(22)8-13)17-11(2)24-12(3)19-18(17)15-6-7-27-20(15)21(26)25-19/h4-8,10H,9,23H2,1-3H3,(H,25,26)/t10-/m0/s1. The number of aromatic nitrogens is 2. The fraction of sp³-hybridized carbons (Fsp3) is 0.238. The summed E-state index contributed by atoms with van der Waals surface area (Å²) in [6.07, 6.45) is 0. The van der Waals surface area contributed by atoms with E-state index in [2.05, 4.69) is 9.97 Å². The van der Waals surface area contributed by atoms with Gasteiger partial charge in [-0.05, 0) is 49.4 Å².